The van der Waals surface area contributed by atoms with Crippen LogP contribution in [0.25, 0.3) is 0 Å². The molecule has 3 aliphatic rings. The molecular formula is C27H47O15P. The molecule has 3 heterocycles. The first kappa shape index (κ1) is 36.7. The highest BCUT2D eigenvalue weighted by Crippen LogP contribution is 2.45. The molecule has 0 aromatic rings. The summed E-state index contributed by atoms with van der Waals surface area (Å²) >= 11 is 0. The number of fused-ring (bicyclic) bond motifs is 1. The van der Waals surface area contributed by atoms with E-state index in [4.69, 9.17) is 49.1 Å². The van der Waals surface area contributed by atoms with E-state index in [0.29, 0.717) is 13.0 Å². The summed E-state index contributed by atoms with van der Waals surface area (Å²) in [4.78, 5) is 18.6. The fraction of sp³-hybridized carbons (Fsp3) is 0.926. The van der Waals surface area contributed by atoms with Crippen molar-refractivity contribution in [2.75, 3.05) is 40.7 Å². The molecule has 15 nitrogen and oxygen atoms in total. The summed E-state index contributed by atoms with van der Waals surface area (Å²) in [7, 11) is -0.205. The Balaban J connectivity index is 1.83. The van der Waals surface area contributed by atoms with Crippen LogP contribution in [-0.2, 0) is 47.2 Å². The highest BCUT2D eigenvalue weighted by molar-refractivity contribution is 7.51. The first-order valence-electron chi connectivity index (χ1n) is 14.3. The smallest absolute Gasteiger partial charge is 0.325 e. The van der Waals surface area contributed by atoms with Crippen LogP contribution in [0.2, 0.25) is 0 Å². The van der Waals surface area contributed by atoms with Crippen LogP contribution in [0.4, 0.5) is 0 Å². The van der Waals surface area contributed by atoms with Crippen LogP contribution in [0.15, 0.2) is 0 Å². The third kappa shape index (κ3) is 8.74. The fourth-order valence-electron chi connectivity index (χ4n) is 5.35. The van der Waals surface area contributed by atoms with E-state index in [2.05, 4.69) is 5.92 Å². The molecule has 0 aromatic carbocycles. The van der Waals surface area contributed by atoms with Crippen molar-refractivity contribution in [2.45, 2.75) is 119 Å². The second-order valence-electron chi connectivity index (χ2n) is 11.1. The number of methoxy groups -OCH3 is 3. The van der Waals surface area contributed by atoms with E-state index in [1.165, 1.54) is 21.3 Å². The van der Waals surface area contributed by atoms with Gasteiger partial charge in [-0.25, -0.2) is 0 Å². The number of rotatable bonds is 15. The van der Waals surface area contributed by atoms with E-state index >= 15 is 0 Å². The van der Waals surface area contributed by atoms with Gasteiger partial charge in [0.25, 0.3) is 0 Å². The average Bonchev–Trinajstić information content (AvgIpc) is 2.97. The molecule has 0 spiro atoms. The van der Waals surface area contributed by atoms with E-state index in [-0.39, 0.29) is 13.0 Å². The van der Waals surface area contributed by atoms with Gasteiger partial charge in [-0.3, -0.25) is 4.57 Å². The molecule has 16 heteroatoms. The van der Waals surface area contributed by atoms with Gasteiger partial charge in [-0.1, -0.05) is 6.42 Å². The second kappa shape index (κ2) is 15.7. The molecule has 5 N–H and O–H groups in total. The Morgan fingerprint density at radius 2 is 1.49 bits per heavy atom. The van der Waals surface area contributed by atoms with Crippen molar-refractivity contribution >= 4 is 7.60 Å². The summed E-state index contributed by atoms with van der Waals surface area (Å²) in [5.74, 6) is -0.255. The van der Waals surface area contributed by atoms with Crippen LogP contribution in [0, 0.1) is 12.3 Å². The molecule has 0 aliphatic carbocycles. The van der Waals surface area contributed by atoms with Gasteiger partial charge >= 0.3 is 7.60 Å². The molecule has 250 valence electrons. The topological polar surface area (TPSA) is 201 Å². The van der Waals surface area contributed by atoms with Gasteiger partial charge < -0.3 is 67.7 Å². The summed E-state index contributed by atoms with van der Waals surface area (Å²) in [6, 6.07) is 0. The lowest BCUT2D eigenvalue weighted by molar-refractivity contribution is -0.486. The minimum absolute atomic E-state index is 0.105. The number of ether oxygens (including phenoxy) is 9. The van der Waals surface area contributed by atoms with Crippen LogP contribution in [0.3, 0.4) is 0 Å². The molecule has 3 saturated heterocycles. The fourth-order valence-corrected chi connectivity index (χ4v) is 5.94. The lowest BCUT2D eigenvalue weighted by atomic mass is 9.93. The quantitative estimate of drug-likeness (QED) is 0.0895. The third-order valence-corrected chi connectivity index (χ3v) is 9.05. The van der Waals surface area contributed by atoms with Crippen molar-refractivity contribution < 1.29 is 72.3 Å². The maximum atomic E-state index is 11.4. The van der Waals surface area contributed by atoms with Crippen molar-refractivity contribution in [3.8, 4) is 12.3 Å². The van der Waals surface area contributed by atoms with Gasteiger partial charge in [-0.05, 0) is 33.1 Å². The lowest BCUT2D eigenvalue weighted by Crippen LogP contribution is -2.74. The standard InChI is InChI=1S/C27H47O15P/c1-7-8-9-10-11-13-37-15-17-21-22(42-27(3,36-6)26(2,35-5)41-21)23(25(34-4)39-17)40-24-20(30)19(29)18(28)16(38-24)12-14-43(31,32)33/h1,16-25,28-30H,8-15H2,2-6H3,(H2,31,32,33)/t16-,17-,18-,19+,20+,21-,22+,23+,24-,25+,26?,27?/m1/s1. The first-order chi connectivity index (χ1) is 20.2. The lowest BCUT2D eigenvalue weighted by Gasteiger charge is -2.57. The predicted molar refractivity (Wildman–Crippen MR) is 147 cm³/mol. The molecule has 12 atom stereocenters. The predicted octanol–water partition coefficient (Wildman–Crippen LogP) is -0.162. The summed E-state index contributed by atoms with van der Waals surface area (Å²) < 4.78 is 65.2. The van der Waals surface area contributed by atoms with E-state index in [1.807, 2.05) is 0 Å². The van der Waals surface area contributed by atoms with E-state index in [9.17, 15) is 29.7 Å². The van der Waals surface area contributed by atoms with E-state index in [0.717, 1.165) is 19.3 Å². The van der Waals surface area contributed by atoms with Gasteiger partial charge in [0.2, 0.25) is 11.6 Å². The Morgan fingerprint density at radius 1 is 0.860 bits per heavy atom. The second-order valence-corrected chi connectivity index (χ2v) is 12.9. The molecule has 0 saturated carbocycles. The Hall–Kier alpha value is -0.770. The number of aliphatic hydroxyl groups is 3. The Labute approximate surface area is 252 Å². The van der Waals surface area contributed by atoms with Crippen molar-refractivity contribution in [1.29, 1.82) is 0 Å². The summed E-state index contributed by atoms with van der Waals surface area (Å²) in [6.07, 6.45) is -5.12. The number of aliphatic hydroxyl groups excluding tert-OH is 3. The van der Waals surface area contributed by atoms with E-state index < -0.39 is 86.7 Å². The van der Waals surface area contributed by atoms with Gasteiger partial charge in [0.1, 0.15) is 42.7 Å². The molecule has 2 unspecified atom stereocenters. The first-order valence-corrected chi connectivity index (χ1v) is 16.1. The Kier molecular flexibility index (Phi) is 13.4. The minimum Gasteiger partial charge on any atom is -0.388 e. The summed E-state index contributed by atoms with van der Waals surface area (Å²) in [5.41, 5.74) is 0. The van der Waals surface area contributed by atoms with E-state index in [1.54, 1.807) is 13.8 Å². The van der Waals surface area contributed by atoms with Crippen molar-refractivity contribution in [3.63, 3.8) is 0 Å². The van der Waals surface area contributed by atoms with Crippen LogP contribution in [0.5, 0.6) is 0 Å². The molecule has 0 bridgehead atoms. The van der Waals surface area contributed by atoms with Gasteiger partial charge in [-0.15, -0.1) is 12.3 Å². The normalized spacial score (nSPS) is 41.9. The average molecular weight is 643 g/mol. The maximum Gasteiger partial charge on any atom is 0.325 e. The van der Waals surface area contributed by atoms with Crippen LogP contribution in [0.1, 0.15) is 46.0 Å². The van der Waals surface area contributed by atoms with Crippen molar-refractivity contribution in [3.05, 3.63) is 0 Å². The number of terminal acetylenes is 1. The number of unbranched alkanes of at least 4 members (excludes halogenated alkanes) is 3. The van der Waals surface area contributed by atoms with Gasteiger partial charge in [0.15, 0.2) is 12.6 Å². The third-order valence-electron chi connectivity index (χ3n) is 8.21. The zero-order valence-electron chi connectivity index (χ0n) is 25.3. The monoisotopic (exact) mass is 642 g/mol. The molecule has 43 heavy (non-hydrogen) atoms. The van der Waals surface area contributed by atoms with Gasteiger partial charge in [-0.2, -0.15) is 0 Å². The van der Waals surface area contributed by atoms with Gasteiger partial charge in [0.05, 0.1) is 18.9 Å². The molecule has 0 aromatic heterocycles. The van der Waals surface area contributed by atoms with Gasteiger partial charge in [0, 0.05) is 34.4 Å². The van der Waals surface area contributed by atoms with Crippen molar-refractivity contribution in [2.24, 2.45) is 0 Å². The maximum absolute atomic E-state index is 11.4. The molecule has 0 amide bonds. The summed E-state index contributed by atoms with van der Waals surface area (Å²) in [6.45, 7) is 3.82. The Morgan fingerprint density at radius 3 is 2.07 bits per heavy atom. The highest BCUT2D eigenvalue weighted by Gasteiger charge is 2.63. The molecule has 3 rings (SSSR count). The molecular weight excluding hydrogens is 595 g/mol. The Bertz CT molecular complexity index is 959. The molecule has 3 fully saturated rings. The van der Waals surface area contributed by atoms with Crippen LogP contribution >= 0.6 is 7.60 Å². The summed E-state index contributed by atoms with van der Waals surface area (Å²) in [5, 5.41) is 31.7. The van der Waals surface area contributed by atoms with Crippen LogP contribution in [-0.4, -0.2) is 139 Å². The molecule has 3 aliphatic heterocycles. The zero-order chi connectivity index (χ0) is 32.0. The van der Waals surface area contributed by atoms with Crippen LogP contribution < -0.4 is 0 Å². The largest absolute Gasteiger partial charge is 0.388 e. The number of hydrogen-bond acceptors (Lipinski definition) is 13. The zero-order valence-corrected chi connectivity index (χ0v) is 26.2. The molecule has 0 radical (unpaired) electrons. The SMILES string of the molecule is C#CCCCCCOC[C@H]1O[C@H](OC)[C@@H](O[C@H]2O[C@H](CCP(=O)(O)O)[C@@H](O)[C@H](O)[C@@H]2O)[C@H]2OC(C)(OC)C(C)(OC)O[C@@H]21. The number of hydrogen-bond donors (Lipinski definition) is 5. The van der Waals surface area contributed by atoms with Crippen molar-refractivity contribution in [1.82, 2.24) is 0 Å². The minimum atomic E-state index is -4.44. The highest BCUT2D eigenvalue weighted by atomic mass is 31.2.